The van der Waals surface area contributed by atoms with Gasteiger partial charge in [-0.1, -0.05) is 5.16 Å². The number of rotatable bonds is 4. The third-order valence-corrected chi connectivity index (χ3v) is 2.14. The molecule has 0 amide bonds. The van der Waals surface area contributed by atoms with Crippen molar-refractivity contribution in [3.05, 3.63) is 36.3 Å². The summed E-state index contributed by atoms with van der Waals surface area (Å²) in [7, 11) is 0. The van der Waals surface area contributed by atoms with Crippen molar-refractivity contribution < 1.29 is 8.91 Å². The van der Waals surface area contributed by atoms with E-state index in [9.17, 15) is 4.39 Å². The van der Waals surface area contributed by atoms with Gasteiger partial charge in [0.05, 0.1) is 6.20 Å². The van der Waals surface area contributed by atoms with Gasteiger partial charge in [0.25, 0.3) is 0 Å². The van der Waals surface area contributed by atoms with Crippen LogP contribution in [0.2, 0.25) is 0 Å². The van der Waals surface area contributed by atoms with Crippen LogP contribution in [0.5, 0.6) is 0 Å². The summed E-state index contributed by atoms with van der Waals surface area (Å²) >= 11 is 0. The van der Waals surface area contributed by atoms with Gasteiger partial charge in [0, 0.05) is 18.7 Å². The molecule has 0 aliphatic rings. The van der Waals surface area contributed by atoms with Gasteiger partial charge in [-0.2, -0.15) is 0 Å². The molecule has 2 aromatic rings. The molecule has 4 nitrogen and oxygen atoms in total. The highest BCUT2D eigenvalue weighted by Gasteiger charge is 2.09. The van der Waals surface area contributed by atoms with Gasteiger partial charge in [0.2, 0.25) is 0 Å². The summed E-state index contributed by atoms with van der Waals surface area (Å²) in [6.07, 6.45) is 1.58. The summed E-state index contributed by atoms with van der Waals surface area (Å²) in [5, 5.41) is 6.78. The Bertz CT molecular complexity index is 453. The summed E-state index contributed by atoms with van der Waals surface area (Å²) in [6, 6.07) is 6.04. The maximum Gasteiger partial charge on any atom is 0.189 e. The lowest BCUT2D eigenvalue weighted by Gasteiger charge is -2.03. The van der Waals surface area contributed by atoms with Crippen LogP contribution in [0.1, 0.15) is 0 Å². The molecule has 0 saturated carbocycles. The number of nitrogens with two attached hydrogens (primary N) is 1. The van der Waals surface area contributed by atoms with Crippen LogP contribution < -0.4 is 11.1 Å². The molecule has 0 saturated heterocycles. The quantitative estimate of drug-likeness (QED) is 0.827. The standard InChI is InChI=1S/C11H12FN3O/c12-9-3-1-8(2-4-9)11-10(7-15-16-11)14-6-5-13/h1-4,7,14H,5-6,13H2. The minimum atomic E-state index is -0.278. The third-order valence-electron chi connectivity index (χ3n) is 2.14. The van der Waals surface area contributed by atoms with Crippen LogP contribution in [-0.4, -0.2) is 18.2 Å². The molecule has 16 heavy (non-hydrogen) atoms. The Balaban J connectivity index is 2.26. The average Bonchev–Trinajstić information content (AvgIpc) is 2.75. The first-order valence-corrected chi connectivity index (χ1v) is 4.96. The van der Waals surface area contributed by atoms with Gasteiger partial charge in [-0.15, -0.1) is 0 Å². The van der Waals surface area contributed by atoms with Crippen molar-refractivity contribution in [1.82, 2.24) is 5.16 Å². The zero-order valence-corrected chi connectivity index (χ0v) is 8.61. The molecule has 0 fully saturated rings. The van der Waals surface area contributed by atoms with E-state index in [1.165, 1.54) is 12.1 Å². The van der Waals surface area contributed by atoms with Crippen molar-refractivity contribution in [2.45, 2.75) is 0 Å². The van der Waals surface area contributed by atoms with Gasteiger partial charge in [-0.05, 0) is 24.3 Å². The summed E-state index contributed by atoms with van der Waals surface area (Å²) < 4.78 is 17.9. The first kappa shape index (κ1) is 10.6. The molecule has 1 heterocycles. The Morgan fingerprint density at radius 1 is 1.31 bits per heavy atom. The SMILES string of the molecule is NCCNc1cnoc1-c1ccc(F)cc1. The lowest BCUT2D eigenvalue weighted by atomic mass is 10.1. The van der Waals surface area contributed by atoms with Gasteiger partial charge >= 0.3 is 0 Å². The second-order valence-electron chi connectivity index (χ2n) is 3.29. The average molecular weight is 221 g/mol. The Labute approximate surface area is 92.2 Å². The van der Waals surface area contributed by atoms with Crippen LogP contribution in [0.15, 0.2) is 35.0 Å². The number of nitrogens with one attached hydrogen (secondary N) is 1. The molecule has 0 unspecified atom stereocenters. The van der Waals surface area contributed by atoms with Crippen molar-refractivity contribution in [3.63, 3.8) is 0 Å². The highest BCUT2D eigenvalue weighted by molar-refractivity contribution is 5.71. The van der Waals surface area contributed by atoms with Crippen molar-refractivity contribution in [3.8, 4) is 11.3 Å². The van der Waals surface area contributed by atoms with Gasteiger partial charge in [-0.3, -0.25) is 0 Å². The van der Waals surface area contributed by atoms with E-state index in [2.05, 4.69) is 10.5 Å². The highest BCUT2D eigenvalue weighted by Crippen LogP contribution is 2.27. The number of halogens is 1. The van der Waals surface area contributed by atoms with Gasteiger partial charge in [0.15, 0.2) is 5.76 Å². The molecule has 0 bridgehead atoms. The number of benzene rings is 1. The predicted molar refractivity (Wildman–Crippen MR) is 59.4 cm³/mol. The molecule has 0 aliphatic carbocycles. The van der Waals surface area contributed by atoms with Crippen LogP contribution in [0.4, 0.5) is 10.1 Å². The lowest BCUT2D eigenvalue weighted by Crippen LogP contribution is -2.13. The van der Waals surface area contributed by atoms with Crippen molar-refractivity contribution in [1.29, 1.82) is 0 Å². The fourth-order valence-electron chi connectivity index (χ4n) is 1.38. The number of hydrogen-bond acceptors (Lipinski definition) is 4. The van der Waals surface area contributed by atoms with E-state index in [1.807, 2.05) is 0 Å². The van der Waals surface area contributed by atoms with Gasteiger partial charge in [0.1, 0.15) is 11.5 Å². The number of nitrogens with zero attached hydrogens (tertiary/aromatic N) is 1. The Kier molecular flexibility index (Phi) is 3.16. The fraction of sp³-hybridized carbons (Fsp3) is 0.182. The van der Waals surface area contributed by atoms with E-state index in [0.29, 0.717) is 18.8 Å². The first-order chi connectivity index (χ1) is 7.81. The van der Waals surface area contributed by atoms with Crippen molar-refractivity contribution in [2.75, 3.05) is 18.4 Å². The zero-order valence-electron chi connectivity index (χ0n) is 8.61. The van der Waals surface area contributed by atoms with Crippen LogP contribution in [-0.2, 0) is 0 Å². The third kappa shape index (κ3) is 2.20. The van der Waals surface area contributed by atoms with Gasteiger partial charge in [-0.25, -0.2) is 4.39 Å². The number of aromatic nitrogens is 1. The highest BCUT2D eigenvalue weighted by atomic mass is 19.1. The first-order valence-electron chi connectivity index (χ1n) is 4.96. The monoisotopic (exact) mass is 221 g/mol. The molecule has 0 radical (unpaired) electrons. The number of hydrogen-bond donors (Lipinski definition) is 2. The molecule has 5 heteroatoms. The molecular weight excluding hydrogens is 209 g/mol. The van der Waals surface area contributed by atoms with Crippen molar-refractivity contribution >= 4 is 5.69 Å². The number of anilines is 1. The maximum atomic E-state index is 12.8. The largest absolute Gasteiger partial charge is 0.379 e. The summed E-state index contributed by atoms with van der Waals surface area (Å²) in [5.41, 5.74) is 6.93. The Morgan fingerprint density at radius 3 is 2.75 bits per heavy atom. The topological polar surface area (TPSA) is 64.1 Å². The second kappa shape index (κ2) is 4.76. The predicted octanol–water partition coefficient (Wildman–Crippen LogP) is 1.85. The van der Waals surface area contributed by atoms with Crippen LogP contribution in [0.25, 0.3) is 11.3 Å². The van der Waals surface area contributed by atoms with E-state index in [1.54, 1.807) is 18.3 Å². The minimum absolute atomic E-state index is 0.278. The smallest absolute Gasteiger partial charge is 0.189 e. The van der Waals surface area contributed by atoms with E-state index in [0.717, 1.165) is 11.3 Å². The minimum Gasteiger partial charge on any atom is -0.379 e. The molecule has 84 valence electrons. The van der Waals surface area contributed by atoms with Crippen molar-refractivity contribution in [2.24, 2.45) is 5.73 Å². The summed E-state index contributed by atoms with van der Waals surface area (Å²) in [6.45, 7) is 1.16. The molecule has 3 N–H and O–H groups in total. The molecule has 1 aromatic carbocycles. The summed E-state index contributed by atoms with van der Waals surface area (Å²) in [5.74, 6) is 0.313. The van der Waals surface area contributed by atoms with E-state index < -0.39 is 0 Å². The molecule has 0 spiro atoms. The fourth-order valence-corrected chi connectivity index (χ4v) is 1.38. The van der Waals surface area contributed by atoms with E-state index in [-0.39, 0.29) is 5.82 Å². The van der Waals surface area contributed by atoms with E-state index >= 15 is 0 Å². The Morgan fingerprint density at radius 2 is 2.06 bits per heavy atom. The molecule has 0 atom stereocenters. The summed E-state index contributed by atoms with van der Waals surface area (Å²) in [4.78, 5) is 0. The normalized spacial score (nSPS) is 10.4. The molecule has 1 aromatic heterocycles. The second-order valence-corrected chi connectivity index (χ2v) is 3.29. The molecular formula is C11H12FN3O. The molecule has 2 rings (SSSR count). The van der Waals surface area contributed by atoms with Crippen LogP contribution in [0.3, 0.4) is 0 Å². The van der Waals surface area contributed by atoms with Crippen LogP contribution >= 0.6 is 0 Å². The van der Waals surface area contributed by atoms with E-state index in [4.69, 9.17) is 10.3 Å². The Hall–Kier alpha value is -1.88. The molecule has 0 aliphatic heterocycles. The van der Waals surface area contributed by atoms with Crippen LogP contribution in [0, 0.1) is 5.82 Å². The zero-order chi connectivity index (χ0) is 11.4. The maximum absolute atomic E-state index is 12.8. The van der Waals surface area contributed by atoms with Gasteiger partial charge < -0.3 is 15.6 Å². The lowest BCUT2D eigenvalue weighted by molar-refractivity contribution is 0.432.